The number of hydrogen-bond donors (Lipinski definition) is 0. The minimum atomic E-state index is 0. The van der Waals surface area contributed by atoms with Crippen molar-refractivity contribution in [3.8, 4) is 29.2 Å². The third kappa shape index (κ3) is 3.41. The molecule has 0 fully saturated rings. The SMILES string of the molecule is N#Cc1cnc(-c2ccc(-n3c4cc[c-]cc4c4ccccc43)c(C#N)c2)nc1.[Rb+]. The Morgan fingerprint density at radius 1 is 0.867 bits per heavy atom. The van der Waals surface area contributed by atoms with E-state index < -0.39 is 0 Å². The predicted octanol–water partition coefficient (Wildman–Crippen LogP) is 1.79. The van der Waals surface area contributed by atoms with E-state index in [4.69, 9.17) is 5.26 Å². The van der Waals surface area contributed by atoms with Gasteiger partial charge in [0.05, 0.1) is 16.8 Å². The van der Waals surface area contributed by atoms with E-state index in [1.807, 2.05) is 54.6 Å². The fourth-order valence-electron chi connectivity index (χ4n) is 3.61. The number of nitriles is 2. The summed E-state index contributed by atoms with van der Waals surface area (Å²) in [6.07, 6.45) is 2.96. The molecule has 0 N–H and O–H groups in total. The van der Waals surface area contributed by atoms with Gasteiger partial charge in [0, 0.05) is 23.5 Å². The molecule has 0 saturated carbocycles. The van der Waals surface area contributed by atoms with Crippen molar-refractivity contribution in [1.82, 2.24) is 14.5 Å². The molecule has 0 saturated heterocycles. The van der Waals surface area contributed by atoms with Crippen LogP contribution in [0.5, 0.6) is 0 Å². The van der Waals surface area contributed by atoms with Crippen LogP contribution in [0.3, 0.4) is 0 Å². The Morgan fingerprint density at radius 2 is 1.63 bits per heavy atom. The summed E-state index contributed by atoms with van der Waals surface area (Å²) in [5, 5.41) is 21.0. The zero-order valence-electron chi connectivity index (χ0n) is 16.2. The molecule has 6 heteroatoms. The Hall–Kier alpha value is -2.67. The Kier molecular flexibility index (Phi) is 5.90. The van der Waals surface area contributed by atoms with Crippen LogP contribution in [0.4, 0.5) is 0 Å². The van der Waals surface area contributed by atoms with Crippen molar-refractivity contribution in [3.63, 3.8) is 0 Å². The van der Waals surface area contributed by atoms with Gasteiger partial charge in [-0.25, -0.2) is 9.97 Å². The van der Waals surface area contributed by atoms with Gasteiger partial charge in [0.15, 0.2) is 5.82 Å². The average molecular weight is 456 g/mol. The topological polar surface area (TPSA) is 78.3 Å². The Morgan fingerprint density at radius 3 is 2.40 bits per heavy atom. The summed E-state index contributed by atoms with van der Waals surface area (Å²) in [7, 11) is 0. The molecule has 5 nitrogen and oxygen atoms in total. The molecular formula is C24H12N5Rb. The van der Waals surface area contributed by atoms with Gasteiger partial charge in [0.1, 0.15) is 12.1 Å². The van der Waals surface area contributed by atoms with Crippen LogP contribution in [0.25, 0.3) is 38.9 Å². The van der Waals surface area contributed by atoms with Crippen LogP contribution in [0.15, 0.2) is 73.1 Å². The third-order valence-electron chi connectivity index (χ3n) is 4.91. The van der Waals surface area contributed by atoms with Crippen molar-refractivity contribution >= 4 is 21.8 Å². The van der Waals surface area contributed by atoms with E-state index in [1.165, 1.54) is 12.4 Å². The molecular weight excluding hydrogens is 444 g/mol. The first-order chi connectivity index (χ1) is 14.3. The predicted molar refractivity (Wildman–Crippen MR) is 110 cm³/mol. The van der Waals surface area contributed by atoms with Gasteiger partial charge in [-0.2, -0.15) is 28.7 Å². The number of fused-ring (bicyclic) bond motifs is 3. The zero-order valence-corrected chi connectivity index (χ0v) is 21.1. The van der Waals surface area contributed by atoms with E-state index in [-0.39, 0.29) is 58.2 Å². The molecule has 2 heterocycles. The first-order valence-corrected chi connectivity index (χ1v) is 8.96. The quantitative estimate of drug-likeness (QED) is 0.380. The Bertz CT molecular complexity index is 1420. The third-order valence-corrected chi connectivity index (χ3v) is 4.91. The summed E-state index contributed by atoms with van der Waals surface area (Å²) in [6, 6.07) is 27.0. The maximum Gasteiger partial charge on any atom is 1.00 e. The van der Waals surface area contributed by atoms with E-state index in [0.717, 1.165) is 33.1 Å². The summed E-state index contributed by atoms with van der Waals surface area (Å²) in [4.78, 5) is 8.47. The van der Waals surface area contributed by atoms with Gasteiger partial charge in [0.2, 0.25) is 0 Å². The number of rotatable bonds is 2. The van der Waals surface area contributed by atoms with Gasteiger partial charge >= 0.3 is 58.2 Å². The van der Waals surface area contributed by atoms with Crippen molar-refractivity contribution < 1.29 is 58.2 Å². The van der Waals surface area contributed by atoms with Crippen LogP contribution in [-0.2, 0) is 0 Å². The number of aromatic nitrogens is 3. The molecule has 0 amide bonds. The van der Waals surface area contributed by atoms with Crippen LogP contribution in [0.2, 0.25) is 0 Å². The molecule has 5 aromatic rings. The summed E-state index contributed by atoms with van der Waals surface area (Å²) in [5.41, 5.74) is 4.48. The second-order valence-electron chi connectivity index (χ2n) is 6.55. The van der Waals surface area contributed by atoms with Gasteiger partial charge in [-0.15, -0.1) is 11.5 Å². The standard InChI is InChI=1S/C24H12N5.Rb/c25-12-16-14-27-24(28-15-16)17-9-10-21(18(11-17)13-26)29-22-7-3-1-5-19(22)20-6-2-4-8-23(20)29;/h1,3-11,14-15H;/q-1;+1. The maximum atomic E-state index is 9.86. The molecule has 0 bridgehead atoms. The molecule has 5 rings (SSSR count). The van der Waals surface area contributed by atoms with Gasteiger partial charge in [-0.1, -0.05) is 23.7 Å². The second kappa shape index (κ2) is 8.59. The van der Waals surface area contributed by atoms with Crippen LogP contribution < -0.4 is 58.2 Å². The maximum absolute atomic E-state index is 9.86. The zero-order chi connectivity index (χ0) is 19.8. The minimum absolute atomic E-state index is 0. The van der Waals surface area contributed by atoms with Crippen LogP contribution >= 0.6 is 0 Å². The molecule has 0 radical (unpaired) electrons. The van der Waals surface area contributed by atoms with Crippen molar-refractivity contribution in [2.24, 2.45) is 0 Å². The van der Waals surface area contributed by atoms with Gasteiger partial charge in [-0.3, -0.25) is 0 Å². The van der Waals surface area contributed by atoms with E-state index in [2.05, 4.69) is 32.7 Å². The van der Waals surface area contributed by atoms with Crippen LogP contribution in [-0.4, -0.2) is 14.5 Å². The monoisotopic (exact) mass is 455 g/mol. The Labute approximate surface area is 222 Å². The molecule has 0 unspecified atom stereocenters. The van der Waals surface area contributed by atoms with Gasteiger partial charge in [-0.05, 0) is 29.7 Å². The van der Waals surface area contributed by atoms with Gasteiger partial charge < -0.3 is 4.57 Å². The summed E-state index contributed by atoms with van der Waals surface area (Å²) < 4.78 is 2.10. The van der Waals surface area contributed by atoms with E-state index in [1.54, 1.807) is 6.07 Å². The number of hydrogen-bond acceptors (Lipinski definition) is 4. The number of benzene rings is 3. The minimum Gasteiger partial charge on any atom is -0.333 e. The van der Waals surface area contributed by atoms with Crippen molar-refractivity contribution in [3.05, 3.63) is 90.3 Å². The van der Waals surface area contributed by atoms with E-state index >= 15 is 0 Å². The Balaban J connectivity index is 0.00000218. The molecule has 0 aliphatic heterocycles. The normalized spacial score (nSPS) is 10.3. The largest absolute Gasteiger partial charge is 1.00 e. The van der Waals surface area contributed by atoms with Crippen LogP contribution in [0.1, 0.15) is 11.1 Å². The smallest absolute Gasteiger partial charge is 0.333 e. The molecule has 0 aliphatic carbocycles. The fourth-order valence-corrected chi connectivity index (χ4v) is 3.61. The number of nitrogens with zero attached hydrogens (tertiary/aromatic N) is 5. The first-order valence-electron chi connectivity index (χ1n) is 8.96. The van der Waals surface area contributed by atoms with Gasteiger partial charge in [0.25, 0.3) is 0 Å². The van der Waals surface area contributed by atoms with Crippen molar-refractivity contribution in [2.45, 2.75) is 0 Å². The van der Waals surface area contributed by atoms with Crippen molar-refractivity contribution in [1.29, 1.82) is 10.5 Å². The molecule has 0 spiro atoms. The number of para-hydroxylation sites is 1. The summed E-state index contributed by atoms with van der Waals surface area (Å²) in [5.74, 6) is 0.476. The van der Waals surface area contributed by atoms with Crippen LogP contribution in [0, 0.1) is 28.7 Å². The molecule has 2 aromatic heterocycles. The average Bonchev–Trinajstić information content (AvgIpc) is 3.13. The summed E-state index contributed by atoms with van der Waals surface area (Å²) in [6.45, 7) is 0. The second-order valence-corrected chi connectivity index (χ2v) is 6.55. The van der Waals surface area contributed by atoms with Crippen molar-refractivity contribution in [2.75, 3.05) is 0 Å². The van der Waals surface area contributed by atoms with E-state index in [9.17, 15) is 5.26 Å². The molecule has 0 atom stereocenters. The fraction of sp³-hybridized carbons (Fsp3) is 0. The van der Waals surface area contributed by atoms with E-state index in [0.29, 0.717) is 17.0 Å². The first kappa shape index (κ1) is 20.6. The molecule has 0 aliphatic rings. The summed E-state index contributed by atoms with van der Waals surface area (Å²) >= 11 is 0. The molecule has 30 heavy (non-hydrogen) atoms. The molecule has 3 aromatic carbocycles. The molecule has 134 valence electrons.